The molecular weight excluding hydrogens is 248 g/mol. The maximum atomic E-state index is 5.98. The minimum Gasteiger partial charge on any atom is -0.381 e. The van der Waals surface area contributed by atoms with Gasteiger partial charge in [-0.05, 0) is 62.7 Å². The molecule has 0 unspecified atom stereocenters. The zero-order valence-corrected chi connectivity index (χ0v) is 14.2. The van der Waals surface area contributed by atoms with Crippen molar-refractivity contribution in [1.29, 1.82) is 0 Å². The van der Waals surface area contributed by atoms with Crippen LogP contribution in [-0.4, -0.2) is 25.9 Å². The molecule has 1 rings (SSSR count). The number of ether oxygens (including phenoxy) is 2. The van der Waals surface area contributed by atoms with E-state index in [0.29, 0.717) is 6.10 Å². The Balaban J connectivity index is 1.88. The van der Waals surface area contributed by atoms with Gasteiger partial charge in [-0.25, -0.2) is 0 Å². The van der Waals surface area contributed by atoms with Crippen LogP contribution in [-0.2, 0) is 9.47 Å². The molecule has 2 nitrogen and oxygen atoms in total. The molecule has 0 radical (unpaired) electrons. The molecule has 1 aliphatic rings. The van der Waals surface area contributed by atoms with E-state index >= 15 is 0 Å². The summed E-state index contributed by atoms with van der Waals surface area (Å²) in [6, 6.07) is 0. The minimum absolute atomic E-state index is 0.519. The highest BCUT2D eigenvalue weighted by Crippen LogP contribution is 2.31. The summed E-state index contributed by atoms with van der Waals surface area (Å²) in [4.78, 5) is 0. The lowest BCUT2D eigenvalue weighted by atomic mass is 9.80. The Bertz CT molecular complexity index is 217. The van der Waals surface area contributed by atoms with Crippen molar-refractivity contribution in [3.05, 3.63) is 0 Å². The van der Waals surface area contributed by atoms with Crippen molar-refractivity contribution in [3.63, 3.8) is 0 Å². The lowest BCUT2D eigenvalue weighted by Gasteiger charge is -2.30. The molecule has 0 aromatic heterocycles. The fraction of sp³-hybridized carbons (Fsp3) is 1.00. The van der Waals surface area contributed by atoms with Crippen LogP contribution in [0.1, 0.15) is 72.6 Å². The molecule has 0 heterocycles. The van der Waals surface area contributed by atoms with Gasteiger partial charge in [0.15, 0.2) is 0 Å². The molecule has 0 aliphatic heterocycles. The molecule has 0 bridgehead atoms. The van der Waals surface area contributed by atoms with Gasteiger partial charge in [0.1, 0.15) is 0 Å². The Morgan fingerprint density at radius 2 is 1.50 bits per heavy atom. The van der Waals surface area contributed by atoms with Crippen LogP contribution in [0.25, 0.3) is 0 Å². The van der Waals surface area contributed by atoms with Gasteiger partial charge in [-0.2, -0.15) is 0 Å². The Kier molecular flexibility index (Phi) is 9.54. The van der Waals surface area contributed by atoms with Crippen LogP contribution in [0.2, 0.25) is 0 Å². The summed E-state index contributed by atoms with van der Waals surface area (Å²) in [6.07, 6.45) is 9.27. The molecule has 0 saturated heterocycles. The summed E-state index contributed by atoms with van der Waals surface area (Å²) in [7, 11) is 0. The highest BCUT2D eigenvalue weighted by atomic mass is 16.5. The standard InChI is InChI=1S/C18H36O2/c1-15(2)7-5-12-19-13-6-14-20-18-10-8-17(9-11-18)16(3)4/h15-18H,5-14H2,1-4H3. The maximum Gasteiger partial charge on any atom is 0.0575 e. The molecule has 0 amide bonds. The summed E-state index contributed by atoms with van der Waals surface area (Å²) >= 11 is 0. The first-order chi connectivity index (χ1) is 9.59. The lowest BCUT2D eigenvalue weighted by molar-refractivity contribution is 0.00140. The van der Waals surface area contributed by atoms with Crippen LogP contribution < -0.4 is 0 Å². The zero-order chi connectivity index (χ0) is 14.8. The molecule has 0 aromatic carbocycles. The fourth-order valence-corrected chi connectivity index (χ4v) is 3.03. The normalized spacial score (nSPS) is 23.7. The topological polar surface area (TPSA) is 18.5 Å². The smallest absolute Gasteiger partial charge is 0.0575 e. The van der Waals surface area contributed by atoms with Crippen molar-refractivity contribution in [1.82, 2.24) is 0 Å². The number of rotatable bonds is 10. The maximum absolute atomic E-state index is 5.98. The summed E-state index contributed by atoms with van der Waals surface area (Å²) < 4.78 is 11.6. The first-order valence-electron chi connectivity index (χ1n) is 8.79. The predicted octanol–water partition coefficient (Wildman–Crippen LogP) is 5.06. The molecule has 0 atom stereocenters. The van der Waals surface area contributed by atoms with Gasteiger partial charge < -0.3 is 9.47 Å². The second kappa shape index (κ2) is 10.6. The van der Waals surface area contributed by atoms with Gasteiger partial charge in [-0.15, -0.1) is 0 Å². The largest absolute Gasteiger partial charge is 0.381 e. The highest BCUT2D eigenvalue weighted by Gasteiger charge is 2.23. The van der Waals surface area contributed by atoms with E-state index in [2.05, 4.69) is 27.7 Å². The summed E-state index contributed by atoms with van der Waals surface area (Å²) in [5, 5.41) is 0. The van der Waals surface area contributed by atoms with Gasteiger partial charge in [0.25, 0.3) is 0 Å². The quantitative estimate of drug-likeness (QED) is 0.522. The Labute approximate surface area is 126 Å². The first kappa shape index (κ1) is 18.0. The summed E-state index contributed by atoms with van der Waals surface area (Å²) in [5.41, 5.74) is 0. The van der Waals surface area contributed by atoms with Crippen LogP contribution in [0.5, 0.6) is 0 Å². The van der Waals surface area contributed by atoms with Gasteiger partial charge in [0.2, 0.25) is 0 Å². The van der Waals surface area contributed by atoms with E-state index in [1.165, 1.54) is 38.5 Å². The van der Waals surface area contributed by atoms with Crippen LogP contribution in [0.4, 0.5) is 0 Å². The fourth-order valence-electron chi connectivity index (χ4n) is 3.03. The van der Waals surface area contributed by atoms with E-state index in [9.17, 15) is 0 Å². The molecule has 20 heavy (non-hydrogen) atoms. The van der Waals surface area contributed by atoms with Gasteiger partial charge in [0.05, 0.1) is 6.10 Å². The van der Waals surface area contributed by atoms with Crippen LogP contribution in [0, 0.1) is 17.8 Å². The van der Waals surface area contributed by atoms with Crippen LogP contribution in [0.3, 0.4) is 0 Å². The van der Waals surface area contributed by atoms with Gasteiger partial charge in [0, 0.05) is 19.8 Å². The van der Waals surface area contributed by atoms with Gasteiger partial charge >= 0.3 is 0 Å². The number of hydrogen-bond donors (Lipinski definition) is 0. The molecule has 120 valence electrons. The van der Waals surface area contributed by atoms with Gasteiger partial charge in [-0.1, -0.05) is 27.7 Å². The Hall–Kier alpha value is -0.0800. The van der Waals surface area contributed by atoms with E-state index < -0.39 is 0 Å². The molecule has 1 aliphatic carbocycles. The van der Waals surface area contributed by atoms with Crippen molar-refractivity contribution in [2.75, 3.05) is 19.8 Å². The van der Waals surface area contributed by atoms with Crippen molar-refractivity contribution >= 4 is 0 Å². The number of hydrogen-bond acceptors (Lipinski definition) is 2. The van der Waals surface area contributed by atoms with Crippen molar-refractivity contribution < 1.29 is 9.47 Å². The van der Waals surface area contributed by atoms with Gasteiger partial charge in [-0.3, -0.25) is 0 Å². The SMILES string of the molecule is CC(C)CCCOCCCOC1CCC(C(C)C)CC1. The molecule has 1 saturated carbocycles. The summed E-state index contributed by atoms with van der Waals surface area (Å²) in [6.45, 7) is 11.9. The molecule has 2 heteroatoms. The zero-order valence-electron chi connectivity index (χ0n) is 14.2. The summed E-state index contributed by atoms with van der Waals surface area (Å²) in [5.74, 6) is 2.57. The third kappa shape index (κ3) is 8.26. The minimum atomic E-state index is 0.519. The Morgan fingerprint density at radius 3 is 2.10 bits per heavy atom. The van der Waals surface area contributed by atoms with Crippen molar-refractivity contribution in [2.45, 2.75) is 78.7 Å². The van der Waals surface area contributed by atoms with Crippen LogP contribution in [0.15, 0.2) is 0 Å². The first-order valence-corrected chi connectivity index (χ1v) is 8.79. The monoisotopic (exact) mass is 284 g/mol. The van der Waals surface area contributed by atoms with E-state index in [4.69, 9.17) is 9.47 Å². The van der Waals surface area contributed by atoms with E-state index in [-0.39, 0.29) is 0 Å². The molecule has 0 N–H and O–H groups in total. The third-order valence-corrected chi connectivity index (χ3v) is 4.52. The average molecular weight is 284 g/mol. The highest BCUT2D eigenvalue weighted by molar-refractivity contribution is 4.74. The van der Waals surface area contributed by atoms with E-state index in [1.54, 1.807) is 0 Å². The molecule has 1 fully saturated rings. The van der Waals surface area contributed by atoms with Crippen LogP contribution >= 0.6 is 0 Å². The second-order valence-corrected chi connectivity index (χ2v) is 7.15. The second-order valence-electron chi connectivity index (χ2n) is 7.15. The molecule has 0 aromatic rings. The molecular formula is C18H36O2. The van der Waals surface area contributed by atoms with Crippen molar-refractivity contribution in [2.24, 2.45) is 17.8 Å². The third-order valence-electron chi connectivity index (χ3n) is 4.52. The van der Waals surface area contributed by atoms with E-state index in [1.807, 2.05) is 0 Å². The lowest BCUT2D eigenvalue weighted by Crippen LogP contribution is -2.24. The van der Waals surface area contributed by atoms with Crippen molar-refractivity contribution in [3.8, 4) is 0 Å². The van der Waals surface area contributed by atoms with E-state index in [0.717, 1.165) is 44.0 Å². The average Bonchev–Trinajstić information content (AvgIpc) is 2.42. The molecule has 0 spiro atoms. The Morgan fingerprint density at radius 1 is 0.850 bits per heavy atom. The predicted molar refractivity (Wildman–Crippen MR) is 86.0 cm³/mol.